The number of benzene rings is 1. The van der Waals surface area contributed by atoms with Crippen LogP contribution in [0.3, 0.4) is 0 Å². The maximum atomic E-state index is 5.61. The standard InChI is InChI=1S/C20H32N4OS/c1-4-14-26-15-11-22-20(21-2)23-16-18(24-12-7-8-13-24)17-9-5-6-10-19(17)25-3/h4-6,9-10,18H,1,7-8,11-16H2,2-3H3,(H2,21,22,23). The topological polar surface area (TPSA) is 48.9 Å². The number of hydrogen-bond donors (Lipinski definition) is 2. The molecule has 6 heteroatoms. The highest BCUT2D eigenvalue weighted by atomic mass is 32.2. The van der Waals surface area contributed by atoms with Gasteiger partial charge >= 0.3 is 0 Å². The van der Waals surface area contributed by atoms with Gasteiger partial charge in [-0.3, -0.25) is 9.89 Å². The number of likely N-dealkylation sites (tertiary alicyclic amines) is 1. The quantitative estimate of drug-likeness (QED) is 0.285. The highest BCUT2D eigenvalue weighted by Gasteiger charge is 2.25. The minimum atomic E-state index is 0.280. The first-order valence-electron chi connectivity index (χ1n) is 9.30. The average Bonchev–Trinajstić information content (AvgIpc) is 3.21. The van der Waals surface area contributed by atoms with Gasteiger partial charge in [-0.2, -0.15) is 11.8 Å². The molecular formula is C20H32N4OS. The molecule has 1 heterocycles. The molecule has 1 fully saturated rings. The summed E-state index contributed by atoms with van der Waals surface area (Å²) in [6.45, 7) is 7.71. The Balaban J connectivity index is 1.97. The second kappa shape index (κ2) is 11.9. The third-order valence-electron chi connectivity index (χ3n) is 4.54. The summed E-state index contributed by atoms with van der Waals surface area (Å²) in [5.41, 5.74) is 1.24. The number of para-hydroxylation sites is 1. The summed E-state index contributed by atoms with van der Waals surface area (Å²) >= 11 is 1.86. The van der Waals surface area contributed by atoms with E-state index in [4.69, 9.17) is 4.74 Å². The maximum Gasteiger partial charge on any atom is 0.191 e. The molecule has 0 aliphatic carbocycles. The van der Waals surface area contributed by atoms with Crippen LogP contribution in [0.2, 0.25) is 0 Å². The van der Waals surface area contributed by atoms with Gasteiger partial charge in [0, 0.05) is 37.2 Å². The Bertz CT molecular complexity index is 573. The number of guanidine groups is 1. The van der Waals surface area contributed by atoms with Gasteiger partial charge in [-0.05, 0) is 32.0 Å². The molecule has 0 spiro atoms. The van der Waals surface area contributed by atoms with Crippen molar-refractivity contribution >= 4 is 17.7 Å². The third kappa shape index (κ3) is 6.25. The van der Waals surface area contributed by atoms with Crippen molar-refractivity contribution in [3.8, 4) is 5.75 Å². The van der Waals surface area contributed by atoms with Gasteiger partial charge in [0.15, 0.2) is 5.96 Å². The van der Waals surface area contributed by atoms with Crippen LogP contribution in [0, 0.1) is 0 Å². The molecule has 0 bridgehead atoms. The molecule has 5 nitrogen and oxygen atoms in total. The lowest BCUT2D eigenvalue weighted by Gasteiger charge is -2.30. The van der Waals surface area contributed by atoms with E-state index in [2.05, 4.69) is 39.2 Å². The van der Waals surface area contributed by atoms with Gasteiger partial charge in [0.1, 0.15) is 5.75 Å². The molecule has 0 amide bonds. The number of ether oxygens (including phenoxy) is 1. The van der Waals surface area contributed by atoms with E-state index >= 15 is 0 Å². The zero-order valence-electron chi connectivity index (χ0n) is 16.0. The van der Waals surface area contributed by atoms with Crippen molar-refractivity contribution in [2.24, 2.45) is 4.99 Å². The zero-order chi connectivity index (χ0) is 18.6. The Morgan fingerprint density at radius 2 is 2.12 bits per heavy atom. The van der Waals surface area contributed by atoms with Gasteiger partial charge < -0.3 is 15.4 Å². The van der Waals surface area contributed by atoms with Crippen molar-refractivity contribution in [1.82, 2.24) is 15.5 Å². The molecule has 144 valence electrons. The molecule has 1 saturated heterocycles. The summed E-state index contributed by atoms with van der Waals surface area (Å²) in [5.74, 6) is 3.83. The van der Waals surface area contributed by atoms with Crippen molar-refractivity contribution in [3.63, 3.8) is 0 Å². The summed E-state index contributed by atoms with van der Waals surface area (Å²) in [6, 6.07) is 8.61. The van der Waals surface area contributed by atoms with Crippen molar-refractivity contribution in [2.45, 2.75) is 18.9 Å². The van der Waals surface area contributed by atoms with Crippen LogP contribution < -0.4 is 15.4 Å². The predicted molar refractivity (Wildman–Crippen MR) is 113 cm³/mol. The molecular weight excluding hydrogens is 344 g/mol. The van der Waals surface area contributed by atoms with Crippen LogP contribution >= 0.6 is 11.8 Å². The number of methoxy groups -OCH3 is 1. The van der Waals surface area contributed by atoms with Gasteiger partial charge in [-0.15, -0.1) is 6.58 Å². The first-order valence-corrected chi connectivity index (χ1v) is 10.5. The van der Waals surface area contributed by atoms with Crippen LogP contribution in [-0.4, -0.2) is 62.7 Å². The fourth-order valence-electron chi connectivity index (χ4n) is 3.25. The average molecular weight is 377 g/mol. The third-order valence-corrected chi connectivity index (χ3v) is 5.50. The summed E-state index contributed by atoms with van der Waals surface area (Å²) in [6.07, 6.45) is 4.46. The molecule has 1 atom stereocenters. The fraction of sp³-hybridized carbons (Fsp3) is 0.550. The number of nitrogens with zero attached hydrogens (tertiary/aromatic N) is 2. The van der Waals surface area contributed by atoms with E-state index in [9.17, 15) is 0 Å². The summed E-state index contributed by atoms with van der Waals surface area (Å²) in [7, 11) is 3.56. The smallest absolute Gasteiger partial charge is 0.191 e. The van der Waals surface area contributed by atoms with Gasteiger partial charge in [-0.1, -0.05) is 24.3 Å². The van der Waals surface area contributed by atoms with E-state index in [-0.39, 0.29) is 6.04 Å². The van der Waals surface area contributed by atoms with E-state index in [1.165, 1.54) is 18.4 Å². The van der Waals surface area contributed by atoms with E-state index in [1.807, 2.05) is 37.0 Å². The fourth-order valence-corrected chi connectivity index (χ4v) is 3.83. The van der Waals surface area contributed by atoms with Gasteiger partial charge in [-0.25, -0.2) is 0 Å². The van der Waals surface area contributed by atoms with Crippen molar-refractivity contribution in [2.75, 3.05) is 51.8 Å². The Kier molecular flexibility index (Phi) is 9.42. The monoisotopic (exact) mass is 376 g/mol. The second-order valence-electron chi connectivity index (χ2n) is 6.24. The normalized spacial score (nSPS) is 16.3. The van der Waals surface area contributed by atoms with Crippen molar-refractivity contribution in [1.29, 1.82) is 0 Å². The highest BCUT2D eigenvalue weighted by Crippen LogP contribution is 2.31. The van der Waals surface area contributed by atoms with E-state index in [0.29, 0.717) is 0 Å². The molecule has 1 aromatic rings. The lowest BCUT2D eigenvalue weighted by molar-refractivity contribution is 0.239. The van der Waals surface area contributed by atoms with Crippen molar-refractivity contribution < 1.29 is 4.74 Å². The van der Waals surface area contributed by atoms with Crippen LogP contribution in [0.4, 0.5) is 0 Å². The number of hydrogen-bond acceptors (Lipinski definition) is 4. The second-order valence-corrected chi connectivity index (χ2v) is 7.39. The minimum absolute atomic E-state index is 0.280. The molecule has 26 heavy (non-hydrogen) atoms. The largest absolute Gasteiger partial charge is 0.496 e. The molecule has 0 saturated carbocycles. The molecule has 1 aliphatic heterocycles. The molecule has 2 rings (SSSR count). The lowest BCUT2D eigenvalue weighted by atomic mass is 10.0. The Hall–Kier alpha value is -1.66. The minimum Gasteiger partial charge on any atom is -0.496 e. The summed E-state index contributed by atoms with van der Waals surface area (Å²) < 4.78 is 5.61. The van der Waals surface area contributed by atoms with Crippen LogP contribution in [0.25, 0.3) is 0 Å². The van der Waals surface area contributed by atoms with E-state index < -0.39 is 0 Å². The first-order chi connectivity index (χ1) is 12.8. The predicted octanol–water partition coefficient (Wildman–Crippen LogP) is 2.92. The van der Waals surface area contributed by atoms with E-state index in [0.717, 1.165) is 49.4 Å². The number of aliphatic imine (C=N–C) groups is 1. The van der Waals surface area contributed by atoms with Crippen LogP contribution in [0.15, 0.2) is 41.9 Å². The Labute approximate surface area is 162 Å². The van der Waals surface area contributed by atoms with Crippen LogP contribution in [0.1, 0.15) is 24.4 Å². The first kappa shape index (κ1) is 20.6. The number of nitrogens with one attached hydrogen (secondary N) is 2. The molecule has 0 aromatic heterocycles. The van der Waals surface area contributed by atoms with Gasteiger partial charge in [0.05, 0.1) is 13.2 Å². The van der Waals surface area contributed by atoms with Crippen molar-refractivity contribution in [3.05, 3.63) is 42.5 Å². The zero-order valence-corrected chi connectivity index (χ0v) is 16.9. The molecule has 1 aromatic carbocycles. The SMILES string of the molecule is C=CCSCCNC(=NC)NCC(c1ccccc1OC)N1CCCC1. The molecule has 2 N–H and O–H groups in total. The molecule has 1 unspecified atom stereocenters. The van der Waals surface area contributed by atoms with E-state index in [1.54, 1.807) is 7.11 Å². The number of thioether (sulfide) groups is 1. The number of rotatable bonds is 10. The van der Waals surface area contributed by atoms with Gasteiger partial charge in [0.2, 0.25) is 0 Å². The summed E-state index contributed by atoms with van der Waals surface area (Å²) in [5, 5.41) is 6.89. The molecule has 0 radical (unpaired) electrons. The lowest BCUT2D eigenvalue weighted by Crippen LogP contribution is -2.43. The maximum absolute atomic E-state index is 5.61. The van der Waals surface area contributed by atoms with Crippen LogP contribution in [0.5, 0.6) is 5.75 Å². The summed E-state index contributed by atoms with van der Waals surface area (Å²) in [4.78, 5) is 6.90. The van der Waals surface area contributed by atoms with Gasteiger partial charge in [0.25, 0.3) is 0 Å². The van der Waals surface area contributed by atoms with Crippen LogP contribution in [-0.2, 0) is 0 Å². The molecule has 1 aliphatic rings. The Morgan fingerprint density at radius 1 is 1.35 bits per heavy atom. The Morgan fingerprint density at radius 3 is 2.81 bits per heavy atom. The highest BCUT2D eigenvalue weighted by molar-refractivity contribution is 7.99.